The molecule has 0 aliphatic carbocycles. The molecule has 0 aromatic heterocycles. The zero-order valence-electron chi connectivity index (χ0n) is 26.3. The van der Waals surface area contributed by atoms with Gasteiger partial charge in [0.05, 0.1) is 0 Å². The van der Waals surface area contributed by atoms with Crippen LogP contribution in [0.25, 0.3) is 0 Å². The van der Waals surface area contributed by atoms with Crippen LogP contribution in [-0.4, -0.2) is 55.0 Å². The number of anilines is 2. The fourth-order valence-electron chi connectivity index (χ4n) is 5.79. The predicted molar refractivity (Wildman–Crippen MR) is 175 cm³/mol. The quantitative estimate of drug-likeness (QED) is 0.260. The number of aryl methyl sites for hydroxylation is 6. The van der Waals surface area contributed by atoms with Crippen LogP contribution in [0.4, 0.5) is 11.4 Å². The maximum atomic E-state index is 13.1. The Bertz CT molecular complexity index is 1610. The summed E-state index contributed by atoms with van der Waals surface area (Å²) >= 11 is -2.45. The number of hydrogen-bond acceptors (Lipinski definition) is 5. The van der Waals surface area contributed by atoms with E-state index in [4.69, 9.17) is 14.4 Å². The van der Waals surface area contributed by atoms with Gasteiger partial charge in [0, 0.05) is 0 Å². The van der Waals surface area contributed by atoms with E-state index in [1.807, 2.05) is 13.8 Å². The van der Waals surface area contributed by atoms with Crippen LogP contribution in [0.15, 0.2) is 47.4 Å². The molecule has 3 aromatic rings. The van der Waals surface area contributed by atoms with E-state index in [-0.39, 0.29) is 11.0 Å². The molecule has 1 aliphatic rings. The number of rotatable bonds is 7. The summed E-state index contributed by atoms with van der Waals surface area (Å²) in [6.07, 6.45) is -0.0766. The van der Waals surface area contributed by atoms with Gasteiger partial charge in [0.15, 0.2) is 0 Å². The summed E-state index contributed by atoms with van der Waals surface area (Å²) in [5.74, 6) is 0.629. The Labute approximate surface area is 260 Å². The van der Waals surface area contributed by atoms with Crippen molar-refractivity contribution in [2.45, 2.75) is 66.4 Å². The molecule has 1 heterocycles. The average molecular weight is 698 g/mol. The zero-order chi connectivity index (χ0) is 31.1. The third-order valence-corrected chi connectivity index (χ3v) is 12.9. The maximum absolute atomic E-state index is 13.1. The van der Waals surface area contributed by atoms with Crippen molar-refractivity contribution in [3.63, 3.8) is 0 Å². The van der Waals surface area contributed by atoms with Gasteiger partial charge in [-0.15, -0.1) is 0 Å². The number of ether oxygens (including phenoxy) is 1. The summed E-state index contributed by atoms with van der Waals surface area (Å²) in [6.45, 7) is 18.5. The van der Waals surface area contributed by atoms with Gasteiger partial charge in [-0.3, -0.25) is 0 Å². The van der Waals surface area contributed by atoms with Crippen molar-refractivity contribution in [3.8, 4) is 5.75 Å². The van der Waals surface area contributed by atoms with E-state index in [9.17, 15) is 8.42 Å². The topological polar surface area (TPSA) is 53.1 Å². The summed E-state index contributed by atoms with van der Waals surface area (Å²) in [5.41, 5.74) is 10.4. The molecule has 1 saturated heterocycles. The van der Waals surface area contributed by atoms with Crippen LogP contribution < -0.4 is 14.5 Å². The molecule has 0 unspecified atom stereocenters. The summed E-state index contributed by atoms with van der Waals surface area (Å²) in [7, 11) is 7.02. The van der Waals surface area contributed by atoms with E-state index in [1.165, 1.54) is 49.1 Å². The van der Waals surface area contributed by atoms with Crippen molar-refractivity contribution < 1.29 is 27.2 Å². The number of halogens is 1. The molecule has 1 aliphatic heterocycles. The molecule has 9 heteroatoms. The Kier molecular flexibility index (Phi) is 9.83. The van der Waals surface area contributed by atoms with Crippen molar-refractivity contribution in [2.24, 2.45) is 0 Å². The first-order chi connectivity index (χ1) is 19.6. The molecule has 0 saturated carbocycles. The van der Waals surface area contributed by atoms with Crippen LogP contribution in [0.1, 0.15) is 52.8 Å². The van der Waals surface area contributed by atoms with Crippen LogP contribution in [-0.2, 0) is 24.1 Å². The van der Waals surface area contributed by atoms with Gasteiger partial charge in [-0.25, -0.2) is 0 Å². The van der Waals surface area contributed by atoms with Gasteiger partial charge < -0.3 is 0 Å². The molecule has 3 aromatic carbocycles. The van der Waals surface area contributed by atoms with Gasteiger partial charge in [-0.05, 0) is 0 Å². The minimum atomic E-state index is -3.63. The Morgan fingerprint density at radius 3 is 1.69 bits per heavy atom. The molecule has 42 heavy (non-hydrogen) atoms. The second-order valence-electron chi connectivity index (χ2n) is 11.6. The number of benzene rings is 3. The van der Waals surface area contributed by atoms with Crippen molar-refractivity contribution in [2.75, 3.05) is 37.0 Å². The Morgan fingerprint density at radius 1 is 0.833 bits per heavy atom. The molecule has 0 amide bonds. The SMILES string of the molecule is Cc1cc(C)c(N2CCN(c3c(C)cc(C)cc3C)[C]2=[Ru](/[Cl])=[CH]/c2cc(S(=O)(=O)N(C)C)ccc2OC(C)C)c(C)c1. The molecule has 0 N–H and O–H groups in total. The van der Waals surface area contributed by atoms with Crippen LogP contribution in [0, 0.1) is 41.5 Å². The van der Waals surface area contributed by atoms with Crippen LogP contribution >= 0.6 is 9.69 Å². The average Bonchev–Trinajstić information content (AvgIpc) is 3.27. The van der Waals surface area contributed by atoms with Crippen molar-refractivity contribution in [1.82, 2.24) is 4.31 Å². The van der Waals surface area contributed by atoms with Crippen molar-refractivity contribution >= 4 is 40.1 Å². The van der Waals surface area contributed by atoms with E-state index >= 15 is 0 Å². The molecule has 0 spiro atoms. The Morgan fingerprint density at radius 2 is 1.29 bits per heavy atom. The van der Waals surface area contributed by atoms with Gasteiger partial charge in [0.2, 0.25) is 0 Å². The van der Waals surface area contributed by atoms with Crippen molar-refractivity contribution in [3.05, 3.63) is 81.4 Å². The van der Waals surface area contributed by atoms with Crippen molar-refractivity contribution in [1.29, 1.82) is 0 Å². The summed E-state index contributed by atoms with van der Waals surface area (Å²) in [5, 5.41) is 0. The monoisotopic (exact) mass is 698 g/mol. The normalized spacial score (nSPS) is 14.9. The fraction of sp³-hybridized carbons (Fsp3) is 0.394. The molecule has 6 nitrogen and oxygen atoms in total. The summed E-state index contributed by atoms with van der Waals surface area (Å²) < 4.78 is 36.7. The van der Waals surface area contributed by atoms with Gasteiger partial charge in [0.25, 0.3) is 0 Å². The zero-order valence-corrected chi connectivity index (χ0v) is 29.6. The summed E-state index contributed by atoms with van der Waals surface area (Å²) in [4.78, 5) is 5.01. The predicted octanol–water partition coefficient (Wildman–Crippen LogP) is 6.61. The minimum absolute atomic E-state index is 0.0766. The van der Waals surface area contributed by atoms with Gasteiger partial charge in [-0.2, -0.15) is 0 Å². The molecular weight excluding hydrogens is 655 g/mol. The van der Waals surface area contributed by atoms with E-state index in [1.54, 1.807) is 32.3 Å². The number of sulfonamides is 1. The third kappa shape index (κ3) is 6.57. The van der Waals surface area contributed by atoms with Crippen LogP contribution in [0.5, 0.6) is 5.75 Å². The van der Waals surface area contributed by atoms with E-state index in [2.05, 4.69) is 80.2 Å². The summed E-state index contributed by atoms with van der Waals surface area (Å²) in [6, 6.07) is 14.0. The molecule has 0 bridgehead atoms. The second-order valence-corrected chi connectivity index (χ2v) is 17.9. The Hall–Kier alpha value is -2.38. The molecule has 229 valence electrons. The fourth-order valence-corrected chi connectivity index (χ4v) is 10.8. The molecule has 1 fully saturated rings. The standard InChI is InChI=1S/C21H26N2.C12H17NO3S.ClH.Ru/c1-14-9-16(3)20(17(4)10-14)22-7-8-23(13-22)21-18(5)11-15(2)12-19(21)6;1-9(2)16-12-7-6-11(8-10(12)3)17(14,15)13(4)5;;/h9-12H,7-8H2,1-6H3;3,6-9H,1-2,4-5H3;1H;/q;;;+1/p-1. The van der Waals surface area contributed by atoms with Gasteiger partial charge >= 0.3 is 262 Å². The van der Waals surface area contributed by atoms with E-state index in [0.29, 0.717) is 11.3 Å². The van der Waals surface area contributed by atoms with Gasteiger partial charge in [0.1, 0.15) is 0 Å². The first kappa shape index (κ1) is 32.5. The Balaban J connectivity index is 2.04. The first-order valence-electron chi connectivity index (χ1n) is 14.1. The molecule has 4 rings (SSSR count). The number of hydrogen-bond donors (Lipinski definition) is 0. The first-order valence-corrected chi connectivity index (χ1v) is 19.6. The van der Waals surface area contributed by atoms with Crippen LogP contribution in [0.2, 0.25) is 0 Å². The van der Waals surface area contributed by atoms with E-state index in [0.717, 1.165) is 17.4 Å². The second kappa shape index (κ2) is 12.7. The molecule has 0 radical (unpaired) electrons. The molecular formula is C33H43ClN3O3RuS. The van der Waals surface area contributed by atoms with Gasteiger partial charge in [-0.1, -0.05) is 0 Å². The van der Waals surface area contributed by atoms with Crippen LogP contribution in [0.3, 0.4) is 0 Å². The molecule has 0 atom stereocenters. The number of nitrogens with zero attached hydrogens (tertiary/aromatic N) is 3. The third-order valence-electron chi connectivity index (χ3n) is 7.26. The van der Waals surface area contributed by atoms with E-state index < -0.39 is 24.1 Å².